The molecule has 15 nitrogen and oxygen atoms in total. The molecular formula is C33H33NO14. The predicted molar refractivity (Wildman–Crippen MR) is 157 cm³/mol. The molecule has 0 bridgehead atoms. The van der Waals surface area contributed by atoms with Gasteiger partial charge >= 0.3 is 6.16 Å². The zero-order valence-electron chi connectivity index (χ0n) is 26.3. The maximum Gasteiger partial charge on any atom is 0.509 e. The van der Waals surface area contributed by atoms with Crippen LogP contribution in [0.4, 0.5) is 4.79 Å². The van der Waals surface area contributed by atoms with Crippen LogP contribution in [0.5, 0.6) is 17.2 Å². The molecule has 4 heterocycles. The Bertz CT molecular complexity index is 1760. The van der Waals surface area contributed by atoms with Gasteiger partial charge in [-0.15, -0.1) is 0 Å². The quantitative estimate of drug-likeness (QED) is 0.303. The third-order valence-electron chi connectivity index (χ3n) is 10.3. The Morgan fingerprint density at radius 3 is 2.56 bits per heavy atom. The van der Waals surface area contributed by atoms with Crippen LogP contribution < -0.4 is 4.74 Å². The first-order valence-corrected chi connectivity index (χ1v) is 15.7. The largest absolute Gasteiger partial charge is 0.509 e. The van der Waals surface area contributed by atoms with Gasteiger partial charge in [0, 0.05) is 55.6 Å². The summed E-state index contributed by atoms with van der Waals surface area (Å²) in [4.78, 5) is 55.7. The number of ether oxygens (including phenoxy) is 8. The Hall–Kier alpha value is -4.12. The average molecular weight is 668 g/mol. The van der Waals surface area contributed by atoms with E-state index in [1.54, 1.807) is 7.11 Å². The van der Waals surface area contributed by atoms with E-state index in [0.29, 0.717) is 19.6 Å². The highest BCUT2D eigenvalue weighted by Gasteiger charge is 2.57. The van der Waals surface area contributed by atoms with Crippen molar-refractivity contribution in [3.05, 3.63) is 51.6 Å². The number of hydrogen-bond acceptors (Lipinski definition) is 15. The summed E-state index contributed by atoms with van der Waals surface area (Å²) in [7, 11) is 2.89. The SMILES string of the molecule is COc1cccc2c1C(=O)c1c(O)c3c(c(O)c1C2=O)C[C@@]1(C[C@@H]3O[C@H]2C[C@H]3[C@H](O[C@@H]4[C@@H](OC)OCCN43)[C@H](C)O2)OC(=O)OCC1=O. The molecule has 254 valence electrons. The Labute approximate surface area is 273 Å². The van der Waals surface area contributed by atoms with E-state index < -0.39 is 95.8 Å². The number of ketones is 3. The third kappa shape index (κ3) is 4.42. The summed E-state index contributed by atoms with van der Waals surface area (Å²) in [5.41, 5.74) is -2.87. The van der Waals surface area contributed by atoms with Gasteiger partial charge in [0.05, 0.1) is 42.6 Å². The summed E-state index contributed by atoms with van der Waals surface area (Å²) in [6.07, 6.45) is -5.50. The molecule has 0 radical (unpaired) electrons. The maximum absolute atomic E-state index is 14.0. The van der Waals surface area contributed by atoms with Gasteiger partial charge in [-0.1, -0.05) is 12.1 Å². The fraction of sp³-hybridized carbons (Fsp3) is 0.515. The molecule has 0 unspecified atom stereocenters. The number of cyclic esters (lactones) is 1. The Balaban J connectivity index is 1.22. The van der Waals surface area contributed by atoms with E-state index in [9.17, 15) is 29.4 Å². The minimum absolute atomic E-state index is 0.0172. The van der Waals surface area contributed by atoms with Gasteiger partial charge in [0.25, 0.3) is 0 Å². The maximum atomic E-state index is 14.0. The van der Waals surface area contributed by atoms with E-state index in [-0.39, 0.29) is 46.6 Å². The Kier molecular flexibility index (Phi) is 7.28. The van der Waals surface area contributed by atoms with E-state index >= 15 is 0 Å². The summed E-state index contributed by atoms with van der Waals surface area (Å²) in [5.74, 6) is -3.17. The van der Waals surface area contributed by atoms with Gasteiger partial charge in [-0.05, 0) is 13.0 Å². The van der Waals surface area contributed by atoms with Crippen molar-refractivity contribution in [2.75, 3.05) is 34.0 Å². The second-order valence-corrected chi connectivity index (χ2v) is 12.7. The van der Waals surface area contributed by atoms with Crippen LogP contribution in [-0.2, 0) is 44.4 Å². The van der Waals surface area contributed by atoms with E-state index in [0.717, 1.165) is 0 Å². The highest BCUT2D eigenvalue weighted by Crippen LogP contribution is 2.54. The van der Waals surface area contributed by atoms with Crippen molar-refractivity contribution in [1.29, 1.82) is 0 Å². The monoisotopic (exact) mass is 667 g/mol. The fourth-order valence-corrected chi connectivity index (χ4v) is 8.11. The zero-order chi connectivity index (χ0) is 33.6. The number of carbonyl (C=O) groups is 4. The summed E-state index contributed by atoms with van der Waals surface area (Å²) >= 11 is 0. The van der Waals surface area contributed by atoms with Crippen LogP contribution in [0.2, 0.25) is 0 Å². The molecule has 4 fully saturated rings. The Morgan fingerprint density at radius 2 is 1.79 bits per heavy atom. The molecule has 48 heavy (non-hydrogen) atoms. The lowest BCUT2D eigenvalue weighted by atomic mass is 9.71. The topological polar surface area (TPSA) is 186 Å². The van der Waals surface area contributed by atoms with Crippen LogP contribution in [0, 0.1) is 0 Å². The fourth-order valence-electron chi connectivity index (χ4n) is 8.11. The first kappa shape index (κ1) is 31.2. The number of morpholine rings is 1. The van der Waals surface area contributed by atoms with Gasteiger partial charge in [-0.25, -0.2) is 4.79 Å². The molecule has 2 N–H and O–H groups in total. The molecule has 0 amide bonds. The number of phenols is 2. The van der Waals surface area contributed by atoms with Gasteiger partial charge in [0.1, 0.15) is 23.4 Å². The Morgan fingerprint density at radius 1 is 1.00 bits per heavy atom. The van der Waals surface area contributed by atoms with Crippen LogP contribution in [0.1, 0.15) is 68.8 Å². The number of aromatic hydroxyl groups is 2. The number of carbonyl (C=O) groups excluding carboxylic acids is 4. The van der Waals surface area contributed by atoms with Crippen LogP contribution in [0.3, 0.4) is 0 Å². The summed E-state index contributed by atoms with van der Waals surface area (Å²) in [6.45, 7) is 2.26. The molecule has 0 saturated carbocycles. The number of methoxy groups -OCH3 is 2. The molecule has 8 atom stereocenters. The first-order chi connectivity index (χ1) is 23.1. The molecule has 4 aliphatic heterocycles. The molecular weight excluding hydrogens is 634 g/mol. The van der Waals surface area contributed by atoms with Gasteiger partial charge in [-0.2, -0.15) is 0 Å². The first-order valence-electron chi connectivity index (χ1n) is 15.7. The highest BCUT2D eigenvalue weighted by molar-refractivity contribution is 6.31. The van der Waals surface area contributed by atoms with Crippen molar-refractivity contribution < 1.29 is 67.3 Å². The van der Waals surface area contributed by atoms with E-state index in [2.05, 4.69) is 4.90 Å². The smallest absolute Gasteiger partial charge is 0.507 e. The highest BCUT2D eigenvalue weighted by atomic mass is 16.8. The second-order valence-electron chi connectivity index (χ2n) is 12.7. The molecule has 15 heteroatoms. The summed E-state index contributed by atoms with van der Waals surface area (Å²) in [6, 6.07) is 4.30. The van der Waals surface area contributed by atoms with Crippen LogP contribution in [0.25, 0.3) is 0 Å². The number of hydrogen-bond donors (Lipinski definition) is 2. The van der Waals surface area contributed by atoms with Crippen molar-refractivity contribution in [3.63, 3.8) is 0 Å². The van der Waals surface area contributed by atoms with Gasteiger partial charge in [0.15, 0.2) is 36.8 Å². The van der Waals surface area contributed by atoms with Crippen molar-refractivity contribution in [1.82, 2.24) is 4.90 Å². The van der Waals surface area contributed by atoms with Gasteiger partial charge < -0.3 is 48.1 Å². The second kappa shape index (κ2) is 11.2. The molecule has 8 rings (SSSR count). The molecule has 6 aliphatic rings. The third-order valence-corrected chi connectivity index (χ3v) is 10.3. The average Bonchev–Trinajstić information content (AvgIpc) is 3.46. The van der Waals surface area contributed by atoms with Gasteiger partial charge in [0.2, 0.25) is 11.6 Å². The lowest BCUT2D eigenvalue weighted by Crippen LogP contribution is -2.56. The van der Waals surface area contributed by atoms with Crippen LogP contribution in [0.15, 0.2) is 18.2 Å². The van der Waals surface area contributed by atoms with Crippen molar-refractivity contribution >= 4 is 23.5 Å². The van der Waals surface area contributed by atoms with E-state index in [1.165, 1.54) is 25.3 Å². The zero-order valence-corrected chi connectivity index (χ0v) is 26.3. The number of fused-ring (bicyclic) bond motifs is 6. The standard InChI is InChI=1S/C33H33NO14/c1-13-29-16(34-7-8-43-31(42-3)30(34)47-29)9-20(45-13)46-18-11-33(19(35)12-44-32(40)48-33)10-15-22(18)28(39)24-23(26(15)37)25(36)14-5-4-6-17(41-2)21(14)27(24)38/h4-6,13,16,18,20,29-31,37,39H,7-12H2,1-3H3/t13-,16-,18-,20-,29+,30+,31-,33-/m0/s1. The predicted octanol–water partition coefficient (Wildman–Crippen LogP) is 1.89. The van der Waals surface area contributed by atoms with E-state index in [4.69, 9.17) is 37.9 Å². The van der Waals surface area contributed by atoms with Crippen molar-refractivity contribution in [3.8, 4) is 17.2 Å². The number of Topliss-reactive ketones (excluding diaryl/α,β-unsaturated/α-hetero) is 1. The molecule has 1 spiro atoms. The number of nitrogens with zero attached hydrogens (tertiary/aromatic N) is 1. The number of rotatable bonds is 4. The normalized spacial score (nSPS) is 34.0. The van der Waals surface area contributed by atoms with Crippen LogP contribution >= 0.6 is 0 Å². The van der Waals surface area contributed by atoms with Crippen molar-refractivity contribution in [2.45, 2.75) is 74.9 Å². The molecule has 0 aromatic heterocycles. The summed E-state index contributed by atoms with van der Waals surface area (Å²) < 4.78 is 46.0. The number of benzene rings is 2. The molecule has 2 aromatic rings. The molecule has 2 aliphatic carbocycles. The van der Waals surface area contributed by atoms with Gasteiger partial charge in [-0.3, -0.25) is 19.3 Å². The molecule has 4 saturated heterocycles. The van der Waals surface area contributed by atoms with Crippen LogP contribution in [-0.4, -0.2) is 115 Å². The lowest BCUT2D eigenvalue weighted by molar-refractivity contribution is -0.256. The van der Waals surface area contributed by atoms with E-state index in [1.807, 2.05) is 6.92 Å². The number of phenolic OH excluding ortho intramolecular Hbond substituents is 2. The van der Waals surface area contributed by atoms with Crippen molar-refractivity contribution in [2.24, 2.45) is 0 Å². The molecule has 2 aromatic carbocycles. The lowest BCUT2D eigenvalue weighted by Gasteiger charge is -2.45. The minimum Gasteiger partial charge on any atom is -0.507 e. The summed E-state index contributed by atoms with van der Waals surface area (Å²) in [5, 5.41) is 23.6. The minimum atomic E-state index is -1.85.